The summed E-state index contributed by atoms with van der Waals surface area (Å²) in [6.07, 6.45) is 1.49. The van der Waals surface area contributed by atoms with Crippen LogP contribution >= 0.6 is 11.6 Å². The summed E-state index contributed by atoms with van der Waals surface area (Å²) >= 11 is 5.74. The van der Waals surface area contributed by atoms with Gasteiger partial charge in [0.15, 0.2) is 0 Å². The van der Waals surface area contributed by atoms with Gasteiger partial charge in [-0.15, -0.1) is 0 Å². The van der Waals surface area contributed by atoms with Crippen LogP contribution in [0.25, 0.3) is 0 Å². The molecule has 1 heterocycles. The number of hydrogen-bond donors (Lipinski definition) is 1. The van der Waals surface area contributed by atoms with Crippen LogP contribution in [0.1, 0.15) is 23.0 Å². The third-order valence-corrected chi connectivity index (χ3v) is 3.10. The first-order chi connectivity index (χ1) is 10.5. The van der Waals surface area contributed by atoms with E-state index in [4.69, 9.17) is 11.6 Å². The zero-order valence-corrected chi connectivity index (χ0v) is 12.2. The standard InChI is InChI=1S/C14H11ClN4O3/c1-9(10-5-6-11(15)13(8-10)19(21)22)17-18-14(20)12-4-2-3-7-16-12/h2-8H,1H3,(H,18,20)/b17-9-. The molecule has 2 rings (SSSR count). The van der Waals surface area contributed by atoms with Crippen LogP contribution in [-0.4, -0.2) is 21.5 Å². The third-order valence-electron chi connectivity index (χ3n) is 2.78. The van der Waals surface area contributed by atoms with E-state index in [1.54, 1.807) is 31.2 Å². The number of carbonyl (C=O) groups is 1. The van der Waals surface area contributed by atoms with Gasteiger partial charge in [-0.05, 0) is 25.1 Å². The molecule has 0 bridgehead atoms. The highest BCUT2D eigenvalue weighted by Crippen LogP contribution is 2.25. The zero-order chi connectivity index (χ0) is 16.1. The molecule has 0 aliphatic heterocycles. The molecule has 7 nitrogen and oxygen atoms in total. The summed E-state index contributed by atoms with van der Waals surface area (Å²) in [5, 5.41) is 14.8. The fraction of sp³-hybridized carbons (Fsp3) is 0.0714. The zero-order valence-electron chi connectivity index (χ0n) is 11.5. The number of halogens is 1. The number of hydrogen-bond acceptors (Lipinski definition) is 5. The molecular formula is C14H11ClN4O3. The van der Waals surface area contributed by atoms with E-state index in [2.05, 4.69) is 15.5 Å². The molecule has 1 aromatic carbocycles. The number of rotatable bonds is 4. The molecule has 1 N–H and O–H groups in total. The largest absolute Gasteiger partial charge is 0.289 e. The van der Waals surface area contributed by atoms with Crippen LogP contribution in [0.2, 0.25) is 5.02 Å². The molecule has 8 heteroatoms. The van der Waals surface area contributed by atoms with Crippen molar-refractivity contribution >= 4 is 28.9 Å². The number of nitrogens with zero attached hydrogens (tertiary/aromatic N) is 3. The number of benzene rings is 1. The van der Waals surface area contributed by atoms with Gasteiger partial charge in [0, 0.05) is 17.8 Å². The Morgan fingerprint density at radius 2 is 2.14 bits per heavy atom. The van der Waals surface area contributed by atoms with Crippen molar-refractivity contribution < 1.29 is 9.72 Å². The minimum Gasteiger partial charge on any atom is -0.266 e. The predicted octanol–water partition coefficient (Wildman–Crippen LogP) is 2.80. The lowest BCUT2D eigenvalue weighted by atomic mass is 10.1. The lowest BCUT2D eigenvalue weighted by Crippen LogP contribution is -2.20. The van der Waals surface area contributed by atoms with Gasteiger partial charge in [-0.1, -0.05) is 23.7 Å². The average Bonchev–Trinajstić information content (AvgIpc) is 2.53. The first-order valence-electron chi connectivity index (χ1n) is 6.19. The number of amides is 1. The van der Waals surface area contributed by atoms with E-state index in [1.807, 2.05) is 0 Å². The highest BCUT2D eigenvalue weighted by atomic mass is 35.5. The molecule has 0 aliphatic carbocycles. The van der Waals surface area contributed by atoms with Crippen LogP contribution in [0.15, 0.2) is 47.7 Å². The number of nitrogens with one attached hydrogen (secondary N) is 1. The Morgan fingerprint density at radius 3 is 2.77 bits per heavy atom. The van der Waals surface area contributed by atoms with Crippen LogP contribution in [0.5, 0.6) is 0 Å². The highest BCUT2D eigenvalue weighted by Gasteiger charge is 2.14. The van der Waals surface area contributed by atoms with Gasteiger partial charge in [-0.25, -0.2) is 5.43 Å². The molecule has 0 unspecified atom stereocenters. The molecule has 0 spiro atoms. The van der Waals surface area contributed by atoms with E-state index in [9.17, 15) is 14.9 Å². The summed E-state index contributed by atoms with van der Waals surface area (Å²) in [5.74, 6) is -0.469. The Kier molecular flexibility index (Phi) is 4.80. The molecule has 2 aromatic rings. The summed E-state index contributed by atoms with van der Waals surface area (Å²) < 4.78 is 0. The van der Waals surface area contributed by atoms with Gasteiger partial charge in [0.1, 0.15) is 10.7 Å². The molecule has 112 valence electrons. The van der Waals surface area contributed by atoms with Crippen LogP contribution in [-0.2, 0) is 0 Å². The van der Waals surface area contributed by atoms with Gasteiger partial charge in [0.05, 0.1) is 10.6 Å². The minimum absolute atomic E-state index is 0.0408. The number of nitro benzene ring substituents is 1. The molecule has 0 saturated carbocycles. The normalized spacial score (nSPS) is 11.1. The van der Waals surface area contributed by atoms with Gasteiger partial charge in [-0.2, -0.15) is 5.10 Å². The van der Waals surface area contributed by atoms with Crippen molar-refractivity contribution in [1.29, 1.82) is 0 Å². The van der Waals surface area contributed by atoms with E-state index in [0.717, 1.165) is 0 Å². The van der Waals surface area contributed by atoms with Crippen LogP contribution in [0.4, 0.5) is 5.69 Å². The summed E-state index contributed by atoms with van der Waals surface area (Å²) in [4.78, 5) is 26.0. The number of aromatic nitrogens is 1. The fourth-order valence-electron chi connectivity index (χ4n) is 1.63. The minimum atomic E-state index is -0.578. The molecule has 0 saturated heterocycles. The summed E-state index contributed by atoms with van der Waals surface area (Å²) in [6.45, 7) is 1.62. The van der Waals surface area contributed by atoms with Crippen LogP contribution in [0, 0.1) is 10.1 Å². The van der Waals surface area contributed by atoms with Gasteiger partial charge in [0.2, 0.25) is 0 Å². The SMILES string of the molecule is C/C(=N/NC(=O)c1ccccn1)c1ccc(Cl)c([N+](=O)[O-])c1. The van der Waals surface area contributed by atoms with E-state index >= 15 is 0 Å². The Bertz CT molecular complexity index is 747. The molecule has 22 heavy (non-hydrogen) atoms. The second kappa shape index (κ2) is 6.77. The first-order valence-corrected chi connectivity index (χ1v) is 6.57. The molecule has 0 aliphatic rings. The number of hydrazone groups is 1. The maximum Gasteiger partial charge on any atom is 0.289 e. The summed E-state index contributed by atoms with van der Waals surface area (Å²) in [6, 6.07) is 9.22. The molecule has 0 radical (unpaired) electrons. The molecular weight excluding hydrogens is 308 g/mol. The van der Waals surface area contributed by atoms with Gasteiger partial charge in [-0.3, -0.25) is 19.9 Å². The van der Waals surface area contributed by atoms with Gasteiger partial charge < -0.3 is 0 Å². The maximum absolute atomic E-state index is 11.8. The third kappa shape index (κ3) is 3.64. The van der Waals surface area contributed by atoms with Crippen molar-refractivity contribution in [3.63, 3.8) is 0 Å². The Labute approximate surface area is 130 Å². The first kappa shape index (κ1) is 15.6. The van der Waals surface area contributed by atoms with Crippen LogP contribution < -0.4 is 5.43 Å². The smallest absolute Gasteiger partial charge is 0.266 e. The van der Waals surface area contributed by atoms with Gasteiger partial charge in [0.25, 0.3) is 11.6 Å². The Morgan fingerprint density at radius 1 is 1.36 bits per heavy atom. The van der Waals surface area contributed by atoms with Crippen molar-refractivity contribution in [2.24, 2.45) is 5.10 Å². The van der Waals surface area contributed by atoms with E-state index in [-0.39, 0.29) is 16.4 Å². The van der Waals surface area contributed by atoms with Crippen LogP contribution in [0.3, 0.4) is 0 Å². The van der Waals surface area contributed by atoms with Gasteiger partial charge >= 0.3 is 0 Å². The quantitative estimate of drug-likeness (QED) is 0.532. The number of pyridine rings is 1. The van der Waals surface area contributed by atoms with Crippen molar-refractivity contribution in [1.82, 2.24) is 10.4 Å². The van der Waals surface area contributed by atoms with Crippen molar-refractivity contribution in [2.75, 3.05) is 0 Å². The number of carbonyl (C=O) groups excluding carboxylic acids is 1. The second-order valence-corrected chi connectivity index (χ2v) is 4.68. The Balaban J connectivity index is 2.18. The lowest BCUT2D eigenvalue weighted by Gasteiger charge is -2.03. The van der Waals surface area contributed by atoms with E-state index < -0.39 is 10.8 Å². The summed E-state index contributed by atoms with van der Waals surface area (Å²) in [5.41, 5.74) is 3.24. The molecule has 1 amide bonds. The van der Waals surface area contributed by atoms with Crippen molar-refractivity contribution in [2.45, 2.75) is 6.92 Å². The highest BCUT2D eigenvalue weighted by molar-refractivity contribution is 6.32. The predicted molar refractivity (Wildman–Crippen MR) is 82.0 cm³/mol. The molecule has 1 aromatic heterocycles. The fourth-order valence-corrected chi connectivity index (χ4v) is 1.82. The van der Waals surface area contributed by atoms with Crippen molar-refractivity contribution in [3.8, 4) is 0 Å². The van der Waals surface area contributed by atoms with E-state index in [0.29, 0.717) is 11.3 Å². The monoisotopic (exact) mass is 318 g/mol. The number of nitro groups is 1. The second-order valence-electron chi connectivity index (χ2n) is 4.28. The topological polar surface area (TPSA) is 97.5 Å². The Hall–Kier alpha value is -2.80. The van der Waals surface area contributed by atoms with E-state index in [1.165, 1.54) is 18.3 Å². The molecule has 0 fully saturated rings. The molecule has 0 atom stereocenters. The average molecular weight is 319 g/mol. The maximum atomic E-state index is 11.8. The van der Waals surface area contributed by atoms with Crippen molar-refractivity contribution in [3.05, 3.63) is 69.0 Å². The lowest BCUT2D eigenvalue weighted by molar-refractivity contribution is -0.384. The summed E-state index contributed by atoms with van der Waals surface area (Å²) in [7, 11) is 0.